The van der Waals surface area contributed by atoms with Crippen LogP contribution in [0.25, 0.3) is 0 Å². The molecule has 1 aliphatic heterocycles. The molecule has 1 saturated heterocycles. The summed E-state index contributed by atoms with van der Waals surface area (Å²) < 4.78 is 50.0. The number of likely N-dealkylation sites (tertiary alicyclic amines) is 1. The maximum atomic E-state index is 13.6. The summed E-state index contributed by atoms with van der Waals surface area (Å²) in [4.78, 5) is 51.5. The van der Waals surface area contributed by atoms with Gasteiger partial charge in [-0.1, -0.05) is 32.9 Å². The number of nitrogens with one attached hydrogen (secondary N) is 2. The van der Waals surface area contributed by atoms with Crippen molar-refractivity contribution in [1.82, 2.24) is 20.7 Å². The molecule has 1 aromatic heterocycles. The molecular weight excluding hydrogens is 485 g/mol. The number of rotatable bonds is 8. The maximum absolute atomic E-state index is 13.6. The highest BCUT2D eigenvalue weighted by atomic mass is 19.4. The van der Waals surface area contributed by atoms with E-state index in [-0.39, 0.29) is 24.6 Å². The number of esters is 1. The summed E-state index contributed by atoms with van der Waals surface area (Å²) in [6.07, 6.45) is -4.39. The Hall–Kier alpha value is -3.38. The number of carbonyl (C=O) groups excluding carboxylic acids is 4. The molecule has 1 aromatic rings. The van der Waals surface area contributed by atoms with E-state index in [4.69, 9.17) is 4.52 Å². The van der Waals surface area contributed by atoms with Crippen molar-refractivity contribution in [3.05, 3.63) is 29.0 Å². The van der Waals surface area contributed by atoms with Crippen LogP contribution in [-0.2, 0) is 19.1 Å². The van der Waals surface area contributed by atoms with Crippen molar-refractivity contribution in [1.29, 1.82) is 0 Å². The molecule has 2 heterocycles. The Labute approximate surface area is 206 Å². The third-order valence-electron chi connectivity index (χ3n) is 5.50. The number of carbonyl (C=O) groups is 4. The fourth-order valence-electron chi connectivity index (χ4n) is 3.77. The molecule has 0 radical (unpaired) electrons. The van der Waals surface area contributed by atoms with Crippen molar-refractivity contribution in [2.45, 2.75) is 72.6 Å². The molecule has 13 heteroatoms. The van der Waals surface area contributed by atoms with Gasteiger partial charge in [-0.05, 0) is 31.6 Å². The number of nitrogens with zero attached hydrogens (tertiary/aromatic N) is 2. The lowest BCUT2D eigenvalue weighted by molar-refractivity contribution is -0.159. The third-order valence-corrected chi connectivity index (χ3v) is 5.50. The van der Waals surface area contributed by atoms with Crippen LogP contribution >= 0.6 is 0 Å². The summed E-state index contributed by atoms with van der Waals surface area (Å²) in [6, 6.07) is -0.690. The number of hydrogen-bond donors (Lipinski definition) is 2. The third kappa shape index (κ3) is 7.08. The molecule has 10 nitrogen and oxygen atoms in total. The molecule has 2 rings (SSSR count). The highest BCUT2D eigenvalue weighted by molar-refractivity contribution is 5.97. The summed E-state index contributed by atoms with van der Waals surface area (Å²) >= 11 is 0. The van der Waals surface area contributed by atoms with Crippen LogP contribution in [0.3, 0.4) is 0 Å². The highest BCUT2D eigenvalue weighted by Crippen LogP contribution is 2.31. The van der Waals surface area contributed by atoms with Crippen LogP contribution in [0.4, 0.5) is 13.2 Å². The van der Waals surface area contributed by atoms with E-state index in [2.05, 4.69) is 20.5 Å². The van der Waals surface area contributed by atoms with Crippen LogP contribution in [0.2, 0.25) is 0 Å². The second-order valence-corrected chi connectivity index (χ2v) is 9.19. The number of amides is 3. The molecule has 0 aromatic carbocycles. The Balaban J connectivity index is 2.28. The SMILES string of the molecule is CC(=O)O/C(=C(/NC(=O)[C@@H]1CCCN1C(=O)[C@@H](NC(=O)c1cc(C)on1)C(C)C)C(C)C)C(F)(F)F. The van der Waals surface area contributed by atoms with Crippen molar-refractivity contribution in [3.8, 4) is 0 Å². The molecule has 2 atom stereocenters. The van der Waals surface area contributed by atoms with Gasteiger partial charge in [0, 0.05) is 19.5 Å². The Bertz CT molecular complexity index is 1030. The molecule has 200 valence electrons. The van der Waals surface area contributed by atoms with Crippen molar-refractivity contribution in [2.75, 3.05) is 6.54 Å². The van der Waals surface area contributed by atoms with Crippen LogP contribution < -0.4 is 10.6 Å². The Morgan fingerprint density at radius 2 is 1.83 bits per heavy atom. The van der Waals surface area contributed by atoms with E-state index in [1.807, 2.05) is 0 Å². The first-order valence-corrected chi connectivity index (χ1v) is 11.5. The first kappa shape index (κ1) is 28.9. The standard InChI is InChI=1S/C23H31F3N4O6/c1-11(2)17(19(23(24,25)26)35-14(6)31)27-21(33)16-8-7-9-30(16)22(34)18(12(3)4)28-20(32)15-10-13(5)36-29-15/h10-12,16,18H,7-9H2,1-6H3,(H,27,33)(H,28,32)/b19-17+/t16-,18-/m0/s1. The molecule has 2 N–H and O–H groups in total. The normalized spacial score (nSPS) is 17.6. The number of hydrogen-bond acceptors (Lipinski definition) is 7. The van der Waals surface area contributed by atoms with E-state index < -0.39 is 59.3 Å². The van der Waals surface area contributed by atoms with Gasteiger partial charge in [-0.2, -0.15) is 13.2 Å². The van der Waals surface area contributed by atoms with Crippen LogP contribution in [0.1, 0.15) is 63.7 Å². The fraction of sp³-hybridized carbons (Fsp3) is 0.609. The average molecular weight is 517 g/mol. The lowest BCUT2D eigenvalue weighted by atomic mass is 10.0. The van der Waals surface area contributed by atoms with Gasteiger partial charge in [0.05, 0.1) is 5.70 Å². The lowest BCUT2D eigenvalue weighted by Gasteiger charge is -2.31. The molecule has 0 aliphatic carbocycles. The van der Waals surface area contributed by atoms with Crippen LogP contribution in [0.5, 0.6) is 0 Å². The summed E-state index contributed by atoms with van der Waals surface area (Å²) in [5.41, 5.74) is -0.629. The van der Waals surface area contributed by atoms with Crippen LogP contribution in [0.15, 0.2) is 22.0 Å². The minimum absolute atomic E-state index is 0.0153. The van der Waals surface area contributed by atoms with Gasteiger partial charge in [0.1, 0.15) is 17.8 Å². The molecule has 0 spiro atoms. The van der Waals surface area contributed by atoms with Crippen molar-refractivity contribution in [2.24, 2.45) is 11.8 Å². The predicted molar refractivity (Wildman–Crippen MR) is 120 cm³/mol. The monoisotopic (exact) mass is 516 g/mol. The van der Waals surface area contributed by atoms with Gasteiger partial charge in [0.2, 0.25) is 17.6 Å². The molecular formula is C23H31F3N4O6. The van der Waals surface area contributed by atoms with Gasteiger partial charge < -0.3 is 24.8 Å². The first-order valence-electron chi connectivity index (χ1n) is 11.5. The quantitative estimate of drug-likeness (QED) is 0.401. The highest BCUT2D eigenvalue weighted by Gasteiger charge is 2.43. The van der Waals surface area contributed by atoms with E-state index in [9.17, 15) is 32.3 Å². The number of alkyl halides is 3. The van der Waals surface area contributed by atoms with Gasteiger partial charge in [-0.3, -0.25) is 19.2 Å². The zero-order chi connectivity index (χ0) is 27.4. The minimum atomic E-state index is -5.03. The fourth-order valence-corrected chi connectivity index (χ4v) is 3.77. The molecule has 3 amide bonds. The topological polar surface area (TPSA) is 131 Å². The molecule has 1 aliphatic rings. The second kappa shape index (κ2) is 11.6. The van der Waals surface area contributed by atoms with Crippen LogP contribution in [0, 0.1) is 18.8 Å². The van der Waals surface area contributed by atoms with Crippen molar-refractivity contribution >= 4 is 23.7 Å². The summed E-state index contributed by atoms with van der Waals surface area (Å²) in [7, 11) is 0. The Morgan fingerprint density at radius 1 is 1.19 bits per heavy atom. The number of aryl methyl sites for hydroxylation is 1. The van der Waals surface area contributed by atoms with Crippen molar-refractivity contribution < 1.29 is 41.6 Å². The van der Waals surface area contributed by atoms with Gasteiger partial charge in [0.15, 0.2) is 5.69 Å². The average Bonchev–Trinajstić information content (AvgIpc) is 3.41. The van der Waals surface area contributed by atoms with E-state index in [1.165, 1.54) is 24.8 Å². The zero-order valence-corrected chi connectivity index (χ0v) is 21.0. The summed E-state index contributed by atoms with van der Waals surface area (Å²) in [5.74, 6) is -5.66. The van der Waals surface area contributed by atoms with Gasteiger partial charge in [0.25, 0.3) is 5.91 Å². The Morgan fingerprint density at radius 3 is 2.31 bits per heavy atom. The smallest absolute Gasteiger partial charge is 0.420 e. The summed E-state index contributed by atoms with van der Waals surface area (Å²) in [5, 5.41) is 8.46. The molecule has 0 saturated carbocycles. The van der Waals surface area contributed by atoms with Gasteiger partial charge in [-0.25, -0.2) is 0 Å². The van der Waals surface area contributed by atoms with Gasteiger partial charge in [-0.15, -0.1) is 0 Å². The Kier molecular flexibility index (Phi) is 9.27. The number of allylic oxidation sites excluding steroid dienone is 2. The summed E-state index contributed by atoms with van der Waals surface area (Å²) in [6.45, 7) is 8.82. The first-order chi connectivity index (χ1) is 16.6. The molecule has 0 unspecified atom stereocenters. The van der Waals surface area contributed by atoms with E-state index in [0.717, 1.165) is 6.92 Å². The lowest BCUT2D eigenvalue weighted by Crippen LogP contribution is -2.55. The van der Waals surface area contributed by atoms with Crippen LogP contribution in [-0.4, -0.2) is 58.6 Å². The van der Waals surface area contributed by atoms with Crippen molar-refractivity contribution in [3.63, 3.8) is 0 Å². The molecule has 1 fully saturated rings. The zero-order valence-electron chi connectivity index (χ0n) is 21.0. The molecule has 0 bridgehead atoms. The van der Waals surface area contributed by atoms with E-state index in [0.29, 0.717) is 12.2 Å². The van der Waals surface area contributed by atoms with E-state index >= 15 is 0 Å². The van der Waals surface area contributed by atoms with E-state index in [1.54, 1.807) is 20.8 Å². The second-order valence-electron chi connectivity index (χ2n) is 9.19. The minimum Gasteiger partial charge on any atom is -0.420 e. The maximum Gasteiger partial charge on any atom is 0.451 e. The number of halogens is 3. The largest absolute Gasteiger partial charge is 0.451 e. The predicted octanol–water partition coefficient (Wildman–Crippen LogP) is 2.84. The van der Waals surface area contributed by atoms with Gasteiger partial charge >= 0.3 is 12.1 Å². The molecule has 36 heavy (non-hydrogen) atoms. The number of ether oxygens (including phenoxy) is 1. The number of aromatic nitrogens is 1.